The van der Waals surface area contributed by atoms with Crippen molar-refractivity contribution in [2.24, 2.45) is 22.8 Å². The summed E-state index contributed by atoms with van der Waals surface area (Å²) in [6.45, 7) is 1.36. The molecule has 3 aliphatic rings. The normalized spacial score (nSPS) is 19.6. The van der Waals surface area contributed by atoms with Crippen molar-refractivity contribution < 1.29 is 67.2 Å². The maximum atomic E-state index is 13.9. The molecule has 2 saturated heterocycles. The first-order chi connectivity index (χ1) is 21.9. The highest BCUT2D eigenvalue weighted by molar-refractivity contribution is 6.07. The zero-order chi connectivity index (χ0) is 35.6. The first kappa shape index (κ1) is 37.9. The van der Waals surface area contributed by atoms with Crippen LogP contribution in [0.4, 0.5) is 13.2 Å². The summed E-state index contributed by atoms with van der Waals surface area (Å²) >= 11 is 0. The van der Waals surface area contributed by atoms with Crippen LogP contribution in [0.1, 0.15) is 31.2 Å². The summed E-state index contributed by atoms with van der Waals surface area (Å²) in [5, 5.41) is 31.2. The molecule has 3 amide bonds. The van der Waals surface area contributed by atoms with Gasteiger partial charge in [0, 0.05) is 68.4 Å². The molecule has 0 bridgehead atoms. The van der Waals surface area contributed by atoms with E-state index in [0.717, 1.165) is 12.5 Å². The lowest BCUT2D eigenvalue weighted by Gasteiger charge is -2.27. The van der Waals surface area contributed by atoms with E-state index in [0.29, 0.717) is 62.8 Å². The van der Waals surface area contributed by atoms with E-state index in [2.05, 4.69) is 0 Å². The van der Waals surface area contributed by atoms with Crippen LogP contribution in [-0.2, 0) is 40.0 Å². The Labute approximate surface area is 264 Å². The monoisotopic (exact) mass is 670 g/mol. The maximum absolute atomic E-state index is 13.9. The fraction of sp³-hybridized carbons (Fsp3) is 0.414. The largest absolute Gasteiger partial charge is 0.478 e. The summed E-state index contributed by atoms with van der Waals surface area (Å²) in [6.07, 6.45) is 3.70. The van der Waals surface area contributed by atoms with Crippen LogP contribution in [-0.4, -0.2) is 104 Å². The van der Waals surface area contributed by atoms with Crippen LogP contribution in [0.2, 0.25) is 0 Å². The predicted molar refractivity (Wildman–Crippen MR) is 152 cm³/mol. The molecular weight excluding hydrogens is 637 g/mol. The number of hydrogen-bond acceptors (Lipinski definition) is 8. The molecular formula is C29H33F3N4O11. The number of nitrogens with two attached hydrogens (primary N) is 2. The third-order valence-electron chi connectivity index (χ3n) is 7.53. The minimum Gasteiger partial charge on any atom is -0.478 e. The van der Waals surface area contributed by atoms with Gasteiger partial charge in [0.25, 0.3) is 0 Å². The van der Waals surface area contributed by atoms with Gasteiger partial charge in [0.1, 0.15) is 11.2 Å². The molecule has 1 aromatic rings. The second kappa shape index (κ2) is 16.3. The molecule has 3 atom stereocenters. The Kier molecular flexibility index (Phi) is 13.2. The lowest BCUT2D eigenvalue weighted by Crippen LogP contribution is -2.46. The van der Waals surface area contributed by atoms with E-state index in [-0.39, 0.29) is 42.2 Å². The molecule has 18 heteroatoms. The van der Waals surface area contributed by atoms with Crippen LogP contribution in [0, 0.1) is 28.8 Å². The number of aliphatic carboxylic acids is 4. The SMILES string of the molecule is NC(=O)C1(C(=O)N2C[C@@H]3CCN(C(=O)C[C@H](N)Cc4cc(F)c(F)cc4F)[C@@H]3C2)CC1.O=C(O)/C=C/C(=O)O.O=C(O)/C=C/C(=O)O. The van der Waals surface area contributed by atoms with Gasteiger partial charge in [0.05, 0.1) is 6.04 Å². The quantitative estimate of drug-likeness (QED) is 0.110. The first-order valence-electron chi connectivity index (χ1n) is 13.9. The fourth-order valence-electron chi connectivity index (χ4n) is 5.13. The minimum atomic E-state index is -1.28. The van der Waals surface area contributed by atoms with Crippen molar-refractivity contribution in [2.45, 2.75) is 44.2 Å². The van der Waals surface area contributed by atoms with E-state index in [4.69, 9.17) is 31.9 Å². The zero-order valence-corrected chi connectivity index (χ0v) is 24.7. The number of likely N-dealkylation sites (tertiary alicyclic amines) is 2. The third-order valence-corrected chi connectivity index (χ3v) is 7.53. The van der Waals surface area contributed by atoms with Crippen molar-refractivity contribution in [2.75, 3.05) is 19.6 Å². The van der Waals surface area contributed by atoms with E-state index >= 15 is 0 Å². The summed E-state index contributed by atoms with van der Waals surface area (Å²) in [5.41, 5.74) is 10.2. The summed E-state index contributed by atoms with van der Waals surface area (Å²) in [5.74, 6) is -9.35. The lowest BCUT2D eigenvalue weighted by molar-refractivity contribution is -0.143. The molecule has 0 aromatic heterocycles. The molecule has 256 valence electrons. The van der Waals surface area contributed by atoms with Gasteiger partial charge in [-0.05, 0) is 37.3 Å². The van der Waals surface area contributed by atoms with E-state index in [9.17, 15) is 46.7 Å². The number of fused-ring (bicyclic) bond motifs is 1. The Bertz CT molecular complexity index is 1410. The second-order valence-corrected chi connectivity index (χ2v) is 10.9. The van der Waals surface area contributed by atoms with Gasteiger partial charge < -0.3 is 41.7 Å². The molecule has 1 aliphatic carbocycles. The van der Waals surface area contributed by atoms with Gasteiger partial charge in [0.2, 0.25) is 17.7 Å². The molecule has 0 spiro atoms. The van der Waals surface area contributed by atoms with Crippen LogP contribution >= 0.6 is 0 Å². The number of halogens is 3. The van der Waals surface area contributed by atoms with E-state index in [1.165, 1.54) is 0 Å². The minimum absolute atomic E-state index is 0.0825. The average Bonchev–Trinajstić information content (AvgIpc) is 3.54. The van der Waals surface area contributed by atoms with E-state index in [1.54, 1.807) is 9.80 Å². The van der Waals surface area contributed by atoms with Crippen LogP contribution in [0.3, 0.4) is 0 Å². The van der Waals surface area contributed by atoms with Crippen LogP contribution < -0.4 is 11.5 Å². The van der Waals surface area contributed by atoms with Gasteiger partial charge in [-0.3, -0.25) is 14.4 Å². The Hall–Kier alpha value is -5.26. The van der Waals surface area contributed by atoms with Crippen molar-refractivity contribution >= 4 is 41.6 Å². The molecule has 1 aromatic carbocycles. The molecule has 4 rings (SSSR count). The number of hydrogen-bond donors (Lipinski definition) is 6. The van der Waals surface area contributed by atoms with E-state index < -0.39 is 58.7 Å². The third kappa shape index (κ3) is 10.9. The summed E-state index contributed by atoms with van der Waals surface area (Å²) < 4.78 is 40.3. The summed E-state index contributed by atoms with van der Waals surface area (Å²) in [7, 11) is 0. The number of carbonyl (C=O) groups is 7. The van der Waals surface area contributed by atoms with Gasteiger partial charge in [-0.15, -0.1) is 0 Å². The Morgan fingerprint density at radius 2 is 1.32 bits per heavy atom. The Morgan fingerprint density at radius 1 is 0.830 bits per heavy atom. The predicted octanol–water partition coefficient (Wildman–Crippen LogP) is 0.112. The maximum Gasteiger partial charge on any atom is 0.328 e. The number of carboxylic acid groups (broad SMARTS) is 4. The molecule has 8 N–H and O–H groups in total. The van der Waals surface area contributed by atoms with Crippen molar-refractivity contribution in [1.82, 2.24) is 9.80 Å². The van der Waals surface area contributed by atoms with Gasteiger partial charge in [-0.1, -0.05) is 0 Å². The van der Waals surface area contributed by atoms with Crippen molar-refractivity contribution in [3.63, 3.8) is 0 Å². The van der Waals surface area contributed by atoms with Gasteiger partial charge in [-0.2, -0.15) is 0 Å². The first-order valence-corrected chi connectivity index (χ1v) is 13.9. The second-order valence-electron chi connectivity index (χ2n) is 10.9. The molecule has 0 unspecified atom stereocenters. The van der Waals surface area contributed by atoms with Crippen molar-refractivity contribution in [3.05, 3.63) is 59.5 Å². The Balaban J connectivity index is 0.000000397. The van der Waals surface area contributed by atoms with Crippen molar-refractivity contribution in [1.29, 1.82) is 0 Å². The number of nitrogens with zero attached hydrogens (tertiary/aromatic N) is 2. The highest BCUT2D eigenvalue weighted by Gasteiger charge is 2.59. The smallest absolute Gasteiger partial charge is 0.328 e. The molecule has 2 heterocycles. The highest BCUT2D eigenvalue weighted by Crippen LogP contribution is 2.48. The lowest BCUT2D eigenvalue weighted by atomic mass is 10.0. The number of carbonyl (C=O) groups excluding carboxylic acids is 3. The van der Waals surface area contributed by atoms with Crippen molar-refractivity contribution in [3.8, 4) is 0 Å². The molecule has 47 heavy (non-hydrogen) atoms. The van der Waals surface area contributed by atoms with Gasteiger partial charge in [-0.25, -0.2) is 32.3 Å². The molecule has 3 fully saturated rings. The summed E-state index contributed by atoms with van der Waals surface area (Å²) in [4.78, 5) is 78.8. The molecule has 15 nitrogen and oxygen atoms in total. The number of amides is 3. The fourth-order valence-corrected chi connectivity index (χ4v) is 5.13. The number of primary amides is 1. The topological polar surface area (TPSA) is 259 Å². The average molecular weight is 671 g/mol. The number of rotatable bonds is 10. The van der Waals surface area contributed by atoms with Crippen LogP contribution in [0.5, 0.6) is 0 Å². The van der Waals surface area contributed by atoms with Gasteiger partial charge >= 0.3 is 23.9 Å². The molecule has 1 saturated carbocycles. The highest BCUT2D eigenvalue weighted by atomic mass is 19.2. The number of benzene rings is 1. The van der Waals surface area contributed by atoms with Crippen LogP contribution in [0.25, 0.3) is 0 Å². The zero-order valence-electron chi connectivity index (χ0n) is 24.7. The molecule has 2 aliphatic heterocycles. The molecule has 0 radical (unpaired) electrons. The number of carboxylic acids is 4. The summed E-state index contributed by atoms with van der Waals surface area (Å²) in [6, 6.07) is 0.294. The van der Waals surface area contributed by atoms with Gasteiger partial charge in [0.15, 0.2) is 11.6 Å². The van der Waals surface area contributed by atoms with E-state index in [1.807, 2.05) is 0 Å². The Morgan fingerprint density at radius 3 is 1.77 bits per heavy atom. The standard InChI is InChI=1S/C21H25F3N4O3.2C4H4O4/c22-14-8-16(24)15(23)6-12(14)5-13(25)7-18(29)28-4-1-11-9-27(10-17(11)28)20(31)21(2-3-21)19(26)30;2*5-3(6)1-2-4(7)8/h6,8,11,13,17H,1-5,7,9-10,25H2,(H2,26,30);2*1-2H,(H,5,6)(H,7,8)/b;2*2-1+/t11-,13+,17+;;/m0../s1. The van der Waals surface area contributed by atoms with Crippen LogP contribution in [0.15, 0.2) is 36.4 Å².